The molecular formula is C15H19NO2S2. The Labute approximate surface area is 127 Å². The van der Waals surface area contributed by atoms with Crippen LogP contribution >= 0.6 is 22.7 Å². The summed E-state index contributed by atoms with van der Waals surface area (Å²) < 4.78 is 0. The van der Waals surface area contributed by atoms with Gasteiger partial charge in [0.25, 0.3) is 0 Å². The Hall–Kier alpha value is -1.17. The van der Waals surface area contributed by atoms with Gasteiger partial charge in [0.2, 0.25) is 0 Å². The molecule has 3 nitrogen and oxygen atoms in total. The fraction of sp³-hybridized carbons (Fsp3) is 0.400. The summed E-state index contributed by atoms with van der Waals surface area (Å²) >= 11 is 3.39. The first-order chi connectivity index (χ1) is 9.56. The van der Waals surface area contributed by atoms with Crippen LogP contribution < -0.4 is 5.32 Å². The smallest absolute Gasteiger partial charge is 0.320 e. The van der Waals surface area contributed by atoms with Crippen LogP contribution in [0.3, 0.4) is 0 Å². The predicted octanol–water partition coefficient (Wildman–Crippen LogP) is 4.07. The van der Waals surface area contributed by atoms with Crippen LogP contribution in [0.1, 0.15) is 25.1 Å². The van der Waals surface area contributed by atoms with Crippen molar-refractivity contribution >= 4 is 28.6 Å². The van der Waals surface area contributed by atoms with Crippen molar-refractivity contribution in [2.75, 3.05) is 0 Å². The molecule has 0 amide bonds. The summed E-state index contributed by atoms with van der Waals surface area (Å²) in [5, 5.41) is 16.5. The molecule has 5 heteroatoms. The number of carbonyl (C=O) groups is 1. The van der Waals surface area contributed by atoms with Crippen molar-refractivity contribution in [1.82, 2.24) is 5.32 Å². The van der Waals surface area contributed by atoms with E-state index < -0.39 is 12.0 Å². The Morgan fingerprint density at radius 3 is 2.80 bits per heavy atom. The molecule has 2 aromatic rings. The first-order valence-electron chi connectivity index (χ1n) is 6.63. The molecule has 2 rings (SSSR count). The second kappa shape index (κ2) is 7.02. The molecule has 0 fully saturated rings. The molecule has 108 valence electrons. The number of carboxylic acid groups (broad SMARTS) is 1. The zero-order valence-corrected chi connectivity index (χ0v) is 13.3. The van der Waals surface area contributed by atoms with Crippen molar-refractivity contribution in [3.8, 4) is 10.4 Å². The highest BCUT2D eigenvalue weighted by Crippen LogP contribution is 2.29. The summed E-state index contributed by atoms with van der Waals surface area (Å²) in [5.41, 5.74) is 1.22. The van der Waals surface area contributed by atoms with E-state index in [9.17, 15) is 9.90 Å². The van der Waals surface area contributed by atoms with E-state index in [1.807, 2.05) is 19.9 Å². The second-order valence-electron chi connectivity index (χ2n) is 5.18. The highest BCUT2D eigenvalue weighted by molar-refractivity contribution is 7.14. The van der Waals surface area contributed by atoms with Gasteiger partial charge in [0.1, 0.15) is 6.04 Å². The molecule has 0 saturated carbocycles. The van der Waals surface area contributed by atoms with Crippen molar-refractivity contribution in [2.24, 2.45) is 5.92 Å². The molecule has 2 N–H and O–H groups in total. The lowest BCUT2D eigenvalue weighted by atomic mass is 10.0. The average Bonchev–Trinajstić information content (AvgIpc) is 3.03. The molecule has 0 bridgehead atoms. The number of hydrogen-bond acceptors (Lipinski definition) is 4. The molecule has 0 aliphatic heterocycles. The van der Waals surface area contributed by atoms with E-state index in [4.69, 9.17) is 0 Å². The van der Waals surface area contributed by atoms with E-state index >= 15 is 0 Å². The van der Waals surface area contributed by atoms with Gasteiger partial charge in [0, 0.05) is 21.9 Å². The third-order valence-corrected chi connectivity index (χ3v) is 4.84. The van der Waals surface area contributed by atoms with Crippen LogP contribution in [0.2, 0.25) is 0 Å². The number of rotatable bonds is 7. The first kappa shape index (κ1) is 15.2. The van der Waals surface area contributed by atoms with E-state index in [2.05, 4.69) is 28.2 Å². The Morgan fingerprint density at radius 1 is 1.40 bits per heavy atom. The molecule has 0 radical (unpaired) electrons. The van der Waals surface area contributed by atoms with Crippen LogP contribution in [-0.2, 0) is 11.3 Å². The van der Waals surface area contributed by atoms with E-state index in [-0.39, 0.29) is 0 Å². The number of thiophene rings is 2. The second-order valence-corrected chi connectivity index (χ2v) is 7.12. The maximum atomic E-state index is 11.2. The van der Waals surface area contributed by atoms with Crippen molar-refractivity contribution in [2.45, 2.75) is 32.9 Å². The average molecular weight is 309 g/mol. The van der Waals surface area contributed by atoms with Gasteiger partial charge in [-0.05, 0) is 35.2 Å². The molecule has 1 unspecified atom stereocenters. The summed E-state index contributed by atoms with van der Waals surface area (Å²) in [5.74, 6) is -0.401. The number of aliphatic carboxylic acids is 1. The fourth-order valence-corrected chi connectivity index (χ4v) is 3.64. The number of carboxylic acids is 1. The lowest BCUT2D eigenvalue weighted by molar-refractivity contribution is -0.139. The zero-order valence-electron chi connectivity index (χ0n) is 11.6. The summed E-state index contributed by atoms with van der Waals surface area (Å²) in [7, 11) is 0. The van der Waals surface area contributed by atoms with Gasteiger partial charge in [-0.25, -0.2) is 0 Å². The summed E-state index contributed by atoms with van der Waals surface area (Å²) in [4.78, 5) is 13.6. The minimum atomic E-state index is -0.770. The Kier molecular flexibility index (Phi) is 5.34. The Morgan fingerprint density at radius 2 is 2.20 bits per heavy atom. The van der Waals surface area contributed by atoms with Gasteiger partial charge in [0.05, 0.1) is 0 Å². The minimum Gasteiger partial charge on any atom is -0.480 e. The van der Waals surface area contributed by atoms with Crippen LogP contribution in [0, 0.1) is 5.92 Å². The van der Waals surface area contributed by atoms with Crippen LogP contribution in [0.5, 0.6) is 0 Å². The van der Waals surface area contributed by atoms with Crippen molar-refractivity contribution in [3.05, 3.63) is 33.8 Å². The SMILES string of the molecule is CC(C)CC(NCc1cc(-c2cccs2)cs1)C(=O)O. The molecule has 0 spiro atoms. The Balaban J connectivity index is 1.95. The maximum Gasteiger partial charge on any atom is 0.320 e. The molecule has 1 atom stereocenters. The normalized spacial score (nSPS) is 12.8. The topological polar surface area (TPSA) is 49.3 Å². The molecule has 20 heavy (non-hydrogen) atoms. The standard InChI is InChI=1S/C15H19NO2S2/c1-10(2)6-13(15(17)18)16-8-12-7-11(9-20-12)14-4-3-5-19-14/h3-5,7,9-10,13,16H,6,8H2,1-2H3,(H,17,18). The summed E-state index contributed by atoms with van der Waals surface area (Å²) in [6.45, 7) is 4.69. The lowest BCUT2D eigenvalue weighted by Crippen LogP contribution is -2.37. The molecule has 2 aromatic heterocycles. The van der Waals surface area contributed by atoms with Crippen molar-refractivity contribution in [1.29, 1.82) is 0 Å². The largest absolute Gasteiger partial charge is 0.480 e. The molecule has 0 aromatic carbocycles. The summed E-state index contributed by atoms with van der Waals surface area (Å²) in [6, 6.07) is 5.81. The molecular weight excluding hydrogens is 290 g/mol. The molecule has 2 heterocycles. The monoisotopic (exact) mass is 309 g/mol. The highest BCUT2D eigenvalue weighted by atomic mass is 32.1. The van der Waals surface area contributed by atoms with Crippen LogP contribution in [0.25, 0.3) is 10.4 Å². The highest BCUT2D eigenvalue weighted by Gasteiger charge is 2.18. The quantitative estimate of drug-likeness (QED) is 0.810. The zero-order chi connectivity index (χ0) is 14.5. The van der Waals surface area contributed by atoms with Crippen molar-refractivity contribution < 1.29 is 9.90 Å². The van der Waals surface area contributed by atoms with Crippen LogP contribution in [0.4, 0.5) is 0 Å². The van der Waals surface area contributed by atoms with E-state index in [1.165, 1.54) is 15.3 Å². The van der Waals surface area contributed by atoms with Crippen molar-refractivity contribution in [3.63, 3.8) is 0 Å². The predicted molar refractivity (Wildman–Crippen MR) is 85.4 cm³/mol. The number of hydrogen-bond donors (Lipinski definition) is 2. The molecule has 0 aliphatic carbocycles. The minimum absolute atomic E-state index is 0.369. The van der Waals surface area contributed by atoms with Gasteiger partial charge in [-0.15, -0.1) is 22.7 Å². The first-order valence-corrected chi connectivity index (χ1v) is 8.39. The van der Waals surface area contributed by atoms with Gasteiger partial charge in [-0.1, -0.05) is 19.9 Å². The third-order valence-electron chi connectivity index (χ3n) is 2.99. The van der Waals surface area contributed by atoms with Gasteiger partial charge in [-0.3, -0.25) is 10.1 Å². The van der Waals surface area contributed by atoms with Gasteiger partial charge in [-0.2, -0.15) is 0 Å². The Bertz CT molecular complexity index is 546. The lowest BCUT2D eigenvalue weighted by Gasteiger charge is -2.15. The van der Waals surface area contributed by atoms with E-state index in [0.717, 1.165) is 0 Å². The van der Waals surface area contributed by atoms with E-state index in [1.54, 1.807) is 22.7 Å². The summed E-state index contributed by atoms with van der Waals surface area (Å²) in [6.07, 6.45) is 0.651. The number of nitrogens with one attached hydrogen (secondary N) is 1. The third kappa shape index (κ3) is 4.16. The van der Waals surface area contributed by atoms with Crippen LogP contribution in [-0.4, -0.2) is 17.1 Å². The molecule has 0 saturated heterocycles. The van der Waals surface area contributed by atoms with Gasteiger partial charge >= 0.3 is 5.97 Å². The van der Waals surface area contributed by atoms with E-state index in [0.29, 0.717) is 18.9 Å². The van der Waals surface area contributed by atoms with Gasteiger partial charge in [0.15, 0.2) is 0 Å². The maximum absolute atomic E-state index is 11.2. The fourth-order valence-electron chi connectivity index (χ4n) is 2.01. The molecule has 0 aliphatic rings. The van der Waals surface area contributed by atoms with Gasteiger partial charge < -0.3 is 5.11 Å². The van der Waals surface area contributed by atoms with Crippen LogP contribution in [0.15, 0.2) is 29.0 Å².